The van der Waals surface area contributed by atoms with E-state index in [0.717, 1.165) is 6.54 Å². The zero-order chi connectivity index (χ0) is 13.2. The highest BCUT2D eigenvalue weighted by molar-refractivity contribution is 7.69. The Labute approximate surface area is 95.4 Å². The molecule has 0 aliphatic carbocycles. The molecule has 0 heterocycles. The third kappa shape index (κ3) is 23.8. The number of hydrogen-bond acceptors (Lipinski definition) is 3. The first kappa shape index (κ1) is 18.6. The molecule has 0 aromatic carbocycles. The predicted molar refractivity (Wildman–Crippen MR) is 62.2 cm³/mol. The second kappa shape index (κ2) is 9.31. The molecule has 0 aromatic rings. The van der Waals surface area contributed by atoms with Crippen LogP contribution in [0, 0.1) is 0 Å². The van der Waals surface area contributed by atoms with Crippen molar-refractivity contribution in [3.8, 4) is 0 Å². The van der Waals surface area contributed by atoms with E-state index in [0.29, 0.717) is 0 Å². The standard InChI is InChI=1S/C6H15N.CH6O6P2/c1-2-3-4-5-6-7;2-8(3,4)1-9(5,6)7/h2-7H2,1H3;1H2,(H2,2,3,4)(H2,5,6,7). The van der Waals surface area contributed by atoms with Crippen molar-refractivity contribution >= 4 is 15.2 Å². The fourth-order valence-electron chi connectivity index (χ4n) is 0.811. The number of unbranched alkanes of at least 4 members (excludes halogenated alkanes) is 3. The molecule has 16 heavy (non-hydrogen) atoms. The van der Waals surface area contributed by atoms with E-state index >= 15 is 0 Å². The molecular formula is C7H21NO6P2. The maximum Gasteiger partial charge on any atom is 0.337 e. The minimum atomic E-state index is -4.55. The first-order valence-electron chi connectivity index (χ1n) is 4.91. The highest BCUT2D eigenvalue weighted by atomic mass is 31.2. The normalized spacial score (nSPS) is 11.9. The maximum absolute atomic E-state index is 9.85. The van der Waals surface area contributed by atoms with Crippen LogP contribution in [-0.4, -0.2) is 32.0 Å². The number of nitrogens with two attached hydrogens (primary N) is 1. The molecule has 0 aliphatic heterocycles. The van der Waals surface area contributed by atoms with Crippen molar-refractivity contribution in [2.24, 2.45) is 5.73 Å². The first-order valence-corrected chi connectivity index (χ1v) is 8.51. The lowest BCUT2D eigenvalue weighted by atomic mass is 10.2. The lowest BCUT2D eigenvalue weighted by Gasteiger charge is -2.03. The molecule has 0 fully saturated rings. The van der Waals surface area contributed by atoms with Gasteiger partial charge in [0.2, 0.25) is 0 Å². The van der Waals surface area contributed by atoms with E-state index in [9.17, 15) is 9.13 Å². The summed E-state index contributed by atoms with van der Waals surface area (Å²) in [6, 6.07) is 0. The molecule has 7 nitrogen and oxygen atoms in total. The molecule has 0 amide bonds. The van der Waals surface area contributed by atoms with Gasteiger partial charge < -0.3 is 25.3 Å². The Hall–Kier alpha value is 0.260. The Bertz CT molecular complexity index is 223. The molecule has 0 saturated heterocycles. The molecule has 0 aliphatic rings. The fourth-order valence-corrected chi connectivity index (χ4v) is 2.73. The van der Waals surface area contributed by atoms with Gasteiger partial charge in [0.1, 0.15) is 0 Å². The number of hydrogen-bond donors (Lipinski definition) is 5. The largest absolute Gasteiger partial charge is 0.337 e. The molecule has 0 bridgehead atoms. The molecular weight excluding hydrogens is 256 g/mol. The van der Waals surface area contributed by atoms with Gasteiger partial charge in [0.05, 0.1) is 0 Å². The topological polar surface area (TPSA) is 141 Å². The maximum atomic E-state index is 9.85. The van der Waals surface area contributed by atoms with Crippen molar-refractivity contribution in [2.75, 3.05) is 12.4 Å². The van der Waals surface area contributed by atoms with Gasteiger partial charge in [-0.05, 0) is 13.0 Å². The van der Waals surface area contributed by atoms with Crippen LogP contribution in [0.15, 0.2) is 0 Å². The minimum Gasteiger partial charge on any atom is -0.330 e. The van der Waals surface area contributed by atoms with Crippen LogP contribution in [0.2, 0.25) is 0 Å². The van der Waals surface area contributed by atoms with Crippen molar-refractivity contribution in [2.45, 2.75) is 32.6 Å². The van der Waals surface area contributed by atoms with Crippen LogP contribution < -0.4 is 5.73 Å². The smallest absolute Gasteiger partial charge is 0.330 e. The summed E-state index contributed by atoms with van der Waals surface area (Å²) in [5, 5.41) is 0. The first-order chi connectivity index (χ1) is 7.12. The summed E-state index contributed by atoms with van der Waals surface area (Å²) in [5.74, 6) is -1.38. The molecule has 6 N–H and O–H groups in total. The van der Waals surface area contributed by atoms with Crippen LogP contribution >= 0.6 is 15.2 Å². The Kier molecular flexibility index (Phi) is 10.8. The quantitative estimate of drug-likeness (QED) is 0.357. The highest BCUT2D eigenvalue weighted by Gasteiger charge is 2.26. The van der Waals surface area contributed by atoms with Crippen molar-refractivity contribution in [1.29, 1.82) is 0 Å². The van der Waals surface area contributed by atoms with E-state index in [2.05, 4.69) is 6.92 Å². The Morgan fingerprint density at radius 2 is 1.38 bits per heavy atom. The molecule has 0 unspecified atom stereocenters. The van der Waals surface area contributed by atoms with Crippen LogP contribution in [0.3, 0.4) is 0 Å². The minimum absolute atomic E-state index is 0.861. The number of rotatable bonds is 6. The van der Waals surface area contributed by atoms with Crippen LogP contribution in [0.5, 0.6) is 0 Å². The van der Waals surface area contributed by atoms with Gasteiger partial charge in [0, 0.05) is 0 Å². The van der Waals surface area contributed by atoms with Crippen LogP contribution in [0.1, 0.15) is 32.6 Å². The van der Waals surface area contributed by atoms with Crippen LogP contribution in [0.4, 0.5) is 0 Å². The van der Waals surface area contributed by atoms with E-state index in [1.807, 2.05) is 0 Å². The zero-order valence-electron chi connectivity index (χ0n) is 9.32. The fraction of sp³-hybridized carbons (Fsp3) is 1.00. The van der Waals surface area contributed by atoms with E-state index in [1.54, 1.807) is 0 Å². The summed E-state index contributed by atoms with van der Waals surface area (Å²) >= 11 is 0. The molecule has 0 radical (unpaired) electrons. The molecule has 9 heteroatoms. The van der Waals surface area contributed by atoms with Gasteiger partial charge in [-0.25, -0.2) is 0 Å². The molecule has 0 saturated carbocycles. The molecule has 0 spiro atoms. The summed E-state index contributed by atoms with van der Waals surface area (Å²) in [4.78, 5) is 31.9. The van der Waals surface area contributed by atoms with Crippen LogP contribution in [0.25, 0.3) is 0 Å². The Morgan fingerprint density at radius 3 is 1.56 bits per heavy atom. The summed E-state index contributed by atoms with van der Waals surface area (Å²) in [7, 11) is -9.10. The van der Waals surface area contributed by atoms with E-state index in [-0.39, 0.29) is 0 Å². The molecule has 0 rings (SSSR count). The average Bonchev–Trinajstić information content (AvgIpc) is 1.99. The average molecular weight is 277 g/mol. The molecule has 100 valence electrons. The SMILES string of the molecule is CCCCCCN.O=P(O)(O)CP(=O)(O)O. The van der Waals surface area contributed by atoms with Crippen LogP contribution in [-0.2, 0) is 9.13 Å². The van der Waals surface area contributed by atoms with Crippen molar-refractivity contribution < 1.29 is 28.7 Å². The van der Waals surface area contributed by atoms with E-state index < -0.39 is 21.1 Å². The summed E-state index contributed by atoms with van der Waals surface area (Å²) in [5.41, 5.74) is 5.27. The summed E-state index contributed by atoms with van der Waals surface area (Å²) < 4.78 is 19.7. The lowest BCUT2D eigenvalue weighted by Crippen LogP contribution is -1.97. The van der Waals surface area contributed by atoms with Gasteiger partial charge in [-0.3, -0.25) is 9.13 Å². The molecule has 0 aromatic heterocycles. The monoisotopic (exact) mass is 277 g/mol. The zero-order valence-corrected chi connectivity index (χ0v) is 11.1. The Balaban J connectivity index is 0. The second-order valence-electron chi connectivity index (χ2n) is 3.32. The van der Waals surface area contributed by atoms with Gasteiger partial charge in [0.15, 0.2) is 5.90 Å². The van der Waals surface area contributed by atoms with Crippen molar-refractivity contribution in [1.82, 2.24) is 0 Å². The third-order valence-corrected chi connectivity index (χ3v) is 4.37. The Morgan fingerprint density at radius 1 is 0.938 bits per heavy atom. The van der Waals surface area contributed by atoms with Gasteiger partial charge in [-0.2, -0.15) is 0 Å². The van der Waals surface area contributed by atoms with Crippen molar-refractivity contribution in [3.63, 3.8) is 0 Å². The predicted octanol–water partition coefficient (Wildman–Crippen LogP) is 0.825. The van der Waals surface area contributed by atoms with Crippen molar-refractivity contribution in [3.05, 3.63) is 0 Å². The highest BCUT2D eigenvalue weighted by Crippen LogP contribution is 2.51. The summed E-state index contributed by atoms with van der Waals surface area (Å²) in [6.45, 7) is 3.07. The van der Waals surface area contributed by atoms with Gasteiger partial charge in [0.25, 0.3) is 0 Å². The van der Waals surface area contributed by atoms with Gasteiger partial charge in [-0.1, -0.05) is 26.2 Å². The molecule has 0 atom stereocenters. The van der Waals surface area contributed by atoms with Gasteiger partial charge >= 0.3 is 15.2 Å². The summed E-state index contributed by atoms with van der Waals surface area (Å²) in [6.07, 6.45) is 5.16. The third-order valence-electron chi connectivity index (χ3n) is 1.43. The lowest BCUT2D eigenvalue weighted by molar-refractivity contribution is 0.357. The van der Waals surface area contributed by atoms with E-state index in [4.69, 9.17) is 25.3 Å². The van der Waals surface area contributed by atoms with Gasteiger partial charge in [-0.15, -0.1) is 0 Å². The second-order valence-corrected chi connectivity index (χ2v) is 7.11. The van der Waals surface area contributed by atoms with E-state index in [1.165, 1.54) is 25.7 Å².